The third-order valence-corrected chi connectivity index (χ3v) is 2.76. The molecule has 5 heteroatoms. The van der Waals surface area contributed by atoms with E-state index in [1.165, 1.54) is 30.7 Å². The van der Waals surface area contributed by atoms with Crippen LogP contribution in [0.4, 0.5) is 0 Å². The molecular weight excluding hydrogens is 280 g/mol. The van der Waals surface area contributed by atoms with Crippen molar-refractivity contribution in [2.24, 2.45) is 0 Å². The van der Waals surface area contributed by atoms with Crippen LogP contribution in [0, 0.1) is 23.0 Å². The maximum atomic E-state index is 12.5. The summed E-state index contributed by atoms with van der Waals surface area (Å²) < 4.78 is 9.53. The molecule has 0 aliphatic rings. The van der Waals surface area contributed by atoms with E-state index in [1.54, 1.807) is 36.4 Å². The lowest BCUT2D eigenvalue weighted by Crippen LogP contribution is -2.07. The van der Waals surface area contributed by atoms with Crippen LogP contribution in [0.25, 0.3) is 6.08 Å². The molecule has 0 aliphatic carbocycles. The number of benzene rings is 2. The van der Waals surface area contributed by atoms with Crippen molar-refractivity contribution in [3.05, 3.63) is 71.5 Å². The minimum atomic E-state index is -0.545. The number of hydrogen-bond acceptors (Lipinski definition) is 5. The van der Waals surface area contributed by atoms with Gasteiger partial charge in [-0.2, -0.15) is 0 Å². The number of ether oxygens (including phenoxy) is 2. The summed E-state index contributed by atoms with van der Waals surface area (Å²) in [5.74, 6) is -0.588. The summed E-state index contributed by atoms with van der Waals surface area (Å²) in [7, 11) is 0. The van der Waals surface area contributed by atoms with Gasteiger partial charge in [0.2, 0.25) is 5.78 Å². The zero-order valence-corrected chi connectivity index (χ0v) is 11.4. The van der Waals surface area contributed by atoms with Crippen molar-refractivity contribution >= 4 is 11.9 Å². The monoisotopic (exact) mass is 290 g/mol. The van der Waals surface area contributed by atoms with E-state index in [4.69, 9.17) is 20.0 Å². The number of nitrogens with zero attached hydrogens (tertiary/aromatic N) is 2. The summed E-state index contributed by atoms with van der Waals surface area (Å²) in [6, 6.07) is 15.2. The standard InChI is InChI=1S/C17H10N2O3/c18-11-21-15-9-5-4-8-14(15)17(20)16(22-12-19)10-13-6-2-1-3-7-13/h1-10H. The predicted octanol–water partition coefficient (Wildman–Crippen LogP) is 3.27. The Hall–Kier alpha value is -3.57. The van der Waals surface area contributed by atoms with Crippen molar-refractivity contribution in [1.29, 1.82) is 10.5 Å². The summed E-state index contributed by atoms with van der Waals surface area (Å²) in [4.78, 5) is 12.5. The van der Waals surface area contributed by atoms with E-state index < -0.39 is 5.78 Å². The van der Waals surface area contributed by atoms with E-state index in [0.29, 0.717) is 5.56 Å². The van der Waals surface area contributed by atoms with E-state index in [0.717, 1.165) is 0 Å². The molecule has 2 aromatic carbocycles. The molecule has 0 heterocycles. The van der Waals surface area contributed by atoms with E-state index >= 15 is 0 Å². The SMILES string of the molecule is N#COC(=Cc1ccccc1)C(=O)c1ccccc1OC#N. The number of allylic oxidation sites excluding steroid dienone is 1. The minimum absolute atomic E-state index is 0.107. The average molecular weight is 290 g/mol. The molecular formula is C17H10N2O3. The first-order valence-corrected chi connectivity index (χ1v) is 6.28. The topological polar surface area (TPSA) is 83.1 Å². The highest BCUT2D eigenvalue weighted by Crippen LogP contribution is 2.22. The normalized spacial score (nSPS) is 10.2. The molecule has 0 atom stereocenters. The quantitative estimate of drug-likeness (QED) is 0.365. The van der Waals surface area contributed by atoms with E-state index in [-0.39, 0.29) is 17.1 Å². The van der Waals surface area contributed by atoms with Crippen molar-refractivity contribution in [1.82, 2.24) is 0 Å². The van der Waals surface area contributed by atoms with Crippen LogP contribution in [0.1, 0.15) is 15.9 Å². The number of Topliss-reactive ketones (excluding diaryl/α,β-unsaturated/α-hetero) is 1. The van der Waals surface area contributed by atoms with Crippen LogP contribution < -0.4 is 4.74 Å². The lowest BCUT2D eigenvalue weighted by Gasteiger charge is -2.06. The average Bonchev–Trinajstić information content (AvgIpc) is 2.56. The second-order valence-electron chi connectivity index (χ2n) is 4.13. The predicted molar refractivity (Wildman–Crippen MR) is 78.1 cm³/mol. The Morgan fingerprint density at radius 3 is 2.32 bits per heavy atom. The van der Waals surface area contributed by atoms with Gasteiger partial charge in [-0.3, -0.25) is 4.79 Å². The Morgan fingerprint density at radius 2 is 1.64 bits per heavy atom. The number of rotatable bonds is 5. The third kappa shape index (κ3) is 3.50. The highest BCUT2D eigenvalue weighted by Gasteiger charge is 2.19. The summed E-state index contributed by atoms with van der Waals surface area (Å²) >= 11 is 0. The van der Waals surface area contributed by atoms with Gasteiger partial charge in [0.05, 0.1) is 5.56 Å². The second-order valence-corrected chi connectivity index (χ2v) is 4.13. The molecule has 0 bridgehead atoms. The molecule has 0 aliphatic heterocycles. The van der Waals surface area contributed by atoms with Crippen LogP contribution in [-0.4, -0.2) is 5.78 Å². The van der Waals surface area contributed by atoms with Gasteiger partial charge in [0.1, 0.15) is 0 Å². The minimum Gasteiger partial charge on any atom is -0.387 e. The smallest absolute Gasteiger partial charge is 0.292 e. The fraction of sp³-hybridized carbons (Fsp3) is 0. The number of para-hydroxylation sites is 1. The fourth-order valence-corrected chi connectivity index (χ4v) is 1.82. The first-order chi connectivity index (χ1) is 10.8. The van der Waals surface area contributed by atoms with Crippen LogP contribution in [0.2, 0.25) is 0 Å². The Morgan fingerprint density at radius 1 is 0.955 bits per heavy atom. The molecule has 0 spiro atoms. The van der Waals surface area contributed by atoms with Crippen LogP contribution in [0.15, 0.2) is 60.4 Å². The van der Waals surface area contributed by atoms with E-state index in [1.807, 2.05) is 6.07 Å². The van der Waals surface area contributed by atoms with Gasteiger partial charge in [0, 0.05) is 0 Å². The van der Waals surface area contributed by atoms with Crippen molar-refractivity contribution in [3.63, 3.8) is 0 Å². The van der Waals surface area contributed by atoms with Crippen molar-refractivity contribution in [2.45, 2.75) is 0 Å². The largest absolute Gasteiger partial charge is 0.387 e. The van der Waals surface area contributed by atoms with Gasteiger partial charge in [-0.15, -0.1) is 10.5 Å². The van der Waals surface area contributed by atoms with Crippen LogP contribution >= 0.6 is 0 Å². The third-order valence-electron chi connectivity index (χ3n) is 2.76. The summed E-state index contributed by atoms with van der Waals surface area (Å²) in [6.07, 6.45) is 4.47. The van der Waals surface area contributed by atoms with Gasteiger partial charge in [-0.1, -0.05) is 42.5 Å². The van der Waals surface area contributed by atoms with Crippen molar-refractivity contribution in [2.75, 3.05) is 0 Å². The molecule has 22 heavy (non-hydrogen) atoms. The van der Waals surface area contributed by atoms with Crippen LogP contribution in [0.3, 0.4) is 0 Å². The molecule has 2 rings (SSSR count). The zero-order chi connectivity index (χ0) is 15.8. The van der Waals surface area contributed by atoms with E-state index in [2.05, 4.69) is 0 Å². The Bertz CT molecular complexity index is 784. The molecule has 5 nitrogen and oxygen atoms in total. The van der Waals surface area contributed by atoms with Crippen molar-refractivity contribution < 1.29 is 14.3 Å². The number of carbonyl (C=O) groups is 1. The lowest BCUT2D eigenvalue weighted by molar-refractivity contribution is 0.0976. The molecule has 0 fully saturated rings. The zero-order valence-electron chi connectivity index (χ0n) is 11.4. The molecule has 0 amide bonds. The van der Waals surface area contributed by atoms with Crippen LogP contribution in [-0.2, 0) is 4.74 Å². The second kappa shape index (κ2) is 7.28. The fourth-order valence-electron chi connectivity index (χ4n) is 1.82. The maximum absolute atomic E-state index is 12.5. The molecule has 106 valence electrons. The number of nitriles is 2. The Kier molecular flexibility index (Phi) is 4.90. The highest BCUT2D eigenvalue weighted by atomic mass is 16.5. The molecule has 0 saturated carbocycles. The van der Waals surface area contributed by atoms with Gasteiger partial charge in [-0.05, 0) is 23.8 Å². The number of ketones is 1. The lowest BCUT2D eigenvalue weighted by atomic mass is 10.1. The Balaban J connectivity index is 2.42. The molecule has 0 unspecified atom stereocenters. The van der Waals surface area contributed by atoms with E-state index in [9.17, 15) is 4.79 Å². The number of carbonyl (C=O) groups excluding carboxylic acids is 1. The summed E-state index contributed by atoms with van der Waals surface area (Å²) in [5.41, 5.74) is 0.848. The van der Waals surface area contributed by atoms with Gasteiger partial charge >= 0.3 is 0 Å². The maximum Gasteiger partial charge on any atom is 0.292 e. The summed E-state index contributed by atoms with van der Waals surface area (Å²) in [6.45, 7) is 0. The Labute approximate surface area is 127 Å². The van der Waals surface area contributed by atoms with Gasteiger partial charge in [0.25, 0.3) is 12.5 Å². The molecule has 0 aromatic heterocycles. The first kappa shape index (κ1) is 14.8. The van der Waals surface area contributed by atoms with Gasteiger partial charge in [-0.25, -0.2) is 0 Å². The highest BCUT2D eigenvalue weighted by molar-refractivity contribution is 6.11. The molecule has 0 saturated heterocycles. The van der Waals surface area contributed by atoms with Crippen molar-refractivity contribution in [3.8, 4) is 18.3 Å². The van der Waals surface area contributed by atoms with Gasteiger partial charge in [0.15, 0.2) is 11.5 Å². The number of hydrogen-bond donors (Lipinski definition) is 0. The van der Waals surface area contributed by atoms with Crippen LogP contribution in [0.5, 0.6) is 5.75 Å². The molecule has 2 aromatic rings. The molecule has 0 radical (unpaired) electrons. The first-order valence-electron chi connectivity index (χ1n) is 6.28. The van der Waals surface area contributed by atoms with Gasteiger partial charge < -0.3 is 9.47 Å². The molecule has 0 N–H and O–H groups in total. The summed E-state index contributed by atoms with van der Waals surface area (Å²) in [5, 5.41) is 17.4.